The first kappa shape index (κ1) is 29.9. The molecule has 0 aliphatic heterocycles. The number of rotatable bonds is 19. The molecular formula is C34H51N3O. The summed E-state index contributed by atoms with van der Waals surface area (Å²) in [5, 5.41) is 3.11. The van der Waals surface area contributed by atoms with Crippen LogP contribution in [-0.4, -0.2) is 22.0 Å². The standard InChI is InChI=1S/C34H51N3O/c1-4-5-6-7-8-9-10-11-12-13-14-15-16-19-26-37-32-21-18-17-20-31(32)36-33(37)24-25-35-34(38)30-23-22-28(2)27-29(30)3/h17-18,20-23,27H,4-16,19,24-26H2,1-3H3,(H,35,38). The Hall–Kier alpha value is -2.62. The molecule has 208 valence electrons. The molecule has 0 saturated carbocycles. The van der Waals surface area contributed by atoms with Crippen molar-refractivity contribution in [3.63, 3.8) is 0 Å². The molecule has 0 unspecified atom stereocenters. The quantitative estimate of drug-likeness (QED) is 0.161. The maximum absolute atomic E-state index is 12.7. The second-order valence-corrected chi connectivity index (χ2v) is 11.1. The van der Waals surface area contributed by atoms with Gasteiger partial charge in [0.15, 0.2) is 0 Å². The molecule has 0 spiro atoms. The Morgan fingerprint density at radius 3 is 2.03 bits per heavy atom. The summed E-state index contributed by atoms with van der Waals surface area (Å²) in [6.07, 6.45) is 20.0. The van der Waals surface area contributed by atoms with Crippen LogP contribution in [0.25, 0.3) is 11.0 Å². The third-order valence-corrected chi connectivity index (χ3v) is 7.73. The van der Waals surface area contributed by atoms with Gasteiger partial charge < -0.3 is 9.88 Å². The molecule has 3 aromatic rings. The van der Waals surface area contributed by atoms with Gasteiger partial charge in [-0.3, -0.25) is 4.79 Å². The van der Waals surface area contributed by atoms with E-state index in [1.807, 2.05) is 19.1 Å². The molecule has 2 aromatic carbocycles. The number of nitrogens with one attached hydrogen (secondary N) is 1. The van der Waals surface area contributed by atoms with Crippen LogP contribution < -0.4 is 5.32 Å². The molecule has 0 saturated heterocycles. The van der Waals surface area contributed by atoms with Crippen molar-refractivity contribution in [2.24, 2.45) is 0 Å². The highest BCUT2D eigenvalue weighted by molar-refractivity contribution is 5.95. The summed E-state index contributed by atoms with van der Waals surface area (Å²) in [4.78, 5) is 17.6. The Morgan fingerprint density at radius 1 is 0.789 bits per heavy atom. The van der Waals surface area contributed by atoms with Crippen molar-refractivity contribution < 1.29 is 4.79 Å². The van der Waals surface area contributed by atoms with E-state index < -0.39 is 0 Å². The van der Waals surface area contributed by atoms with Crippen LogP contribution in [0.15, 0.2) is 42.5 Å². The minimum Gasteiger partial charge on any atom is -0.352 e. The van der Waals surface area contributed by atoms with Gasteiger partial charge in [-0.1, -0.05) is 120 Å². The minimum absolute atomic E-state index is 0.00265. The van der Waals surface area contributed by atoms with E-state index in [-0.39, 0.29) is 5.91 Å². The summed E-state index contributed by atoms with van der Waals surface area (Å²) in [6.45, 7) is 7.93. The molecule has 1 heterocycles. The molecule has 1 amide bonds. The van der Waals surface area contributed by atoms with Gasteiger partial charge >= 0.3 is 0 Å². The van der Waals surface area contributed by atoms with Gasteiger partial charge in [0.2, 0.25) is 0 Å². The summed E-state index contributed by atoms with van der Waals surface area (Å²) in [6, 6.07) is 14.4. The first-order valence-electron chi connectivity index (χ1n) is 15.4. The van der Waals surface area contributed by atoms with Crippen LogP contribution in [0.3, 0.4) is 0 Å². The zero-order chi connectivity index (χ0) is 27.0. The van der Waals surface area contributed by atoms with E-state index in [0.717, 1.165) is 35.4 Å². The monoisotopic (exact) mass is 517 g/mol. The van der Waals surface area contributed by atoms with Gasteiger partial charge in [-0.2, -0.15) is 0 Å². The van der Waals surface area contributed by atoms with Crippen molar-refractivity contribution in [2.45, 2.75) is 124 Å². The van der Waals surface area contributed by atoms with Crippen molar-refractivity contribution >= 4 is 16.9 Å². The molecule has 0 atom stereocenters. The van der Waals surface area contributed by atoms with Gasteiger partial charge in [-0.25, -0.2) is 4.98 Å². The first-order valence-corrected chi connectivity index (χ1v) is 15.4. The Labute approximate surface area is 231 Å². The number of imidazole rings is 1. The predicted octanol–water partition coefficient (Wildman–Crippen LogP) is 9.11. The molecule has 4 nitrogen and oxygen atoms in total. The molecular weight excluding hydrogens is 466 g/mol. The van der Waals surface area contributed by atoms with E-state index in [0.29, 0.717) is 6.54 Å². The third kappa shape index (κ3) is 9.93. The number of unbranched alkanes of at least 4 members (excludes halogenated alkanes) is 13. The Balaban J connectivity index is 1.36. The number of aromatic nitrogens is 2. The summed E-state index contributed by atoms with van der Waals surface area (Å²) in [5.74, 6) is 1.07. The lowest BCUT2D eigenvalue weighted by Gasteiger charge is -2.11. The van der Waals surface area contributed by atoms with Crippen molar-refractivity contribution in [1.82, 2.24) is 14.9 Å². The van der Waals surface area contributed by atoms with Crippen LogP contribution in [-0.2, 0) is 13.0 Å². The SMILES string of the molecule is CCCCCCCCCCCCCCCCn1c(CCNC(=O)c2ccc(C)cc2C)nc2ccccc21. The highest BCUT2D eigenvalue weighted by atomic mass is 16.1. The second-order valence-electron chi connectivity index (χ2n) is 11.1. The lowest BCUT2D eigenvalue weighted by molar-refractivity contribution is 0.0953. The van der Waals surface area contributed by atoms with Gasteiger partial charge in [0.25, 0.3) is 5.91 Å². The number of hydrogen-bond donors (Lipinski definition) is 1. The summed E-state index contributed by atoms with van der Waals surface area (Å²) < 4.78 is 2.37. The molecule has 0 aliphatic rings. The van der Waals surface area contributed by atoms with Gasteiger partial charge in [0, 0.05) is 25.1 Å². The van der Waals surface area contributed by atoms with Gasteiger partial charge in [-0.05, 0) is 44.0 Å². The highest BCUT2D eigenvalue weighted by Gasteiger charge is 2.12. The fraction of sp³-hybridized carbons (Fsp3) is 0.588. The van der Waals surface area contributed by atoms with Crippen LogP contribution >= 0.6 is 0 Å². The van der Waals surface area contributed by atoms with Crippen LogP contribution in [0, 0.1) is 13.8 Å². The van der Waals surface area contributed by atoms with E-state index in [4.69, 9.17) is 4.98 Å². The number of aryl methyl sites for hydroxylation is 3. The van der Waals surface area contributed by atoms with E-state index in [9.17, 15) is 4.79 Å². The third-order valence-electron chi connectivity index (χ3n) is 7.73. The molecule has 38 heavy (non-hydrogen) atoms. The molecule has 1 N–H and O–H groups in total. The van der Waals surface area contributed by atoms with Gasteiger partial charge in [0.05, 0.1) is 11.0 Å². The molecule has 0 fully saturated rings. The van der Waals surface area contributed by atoms with Gasteiger partial charge in [-0.15, -0.1) is 0 Å². The van der Waals surface area contributed by atoms with Gasteiger partial charge in [0.1, 0.15) is 5.82 Å². The first-order chi connectivity index (χ1) is 18.6. The lowest BCUT2D eigenvalue weighted by atomic mass is 10.0. The number of benzene rings is 2. The van der Waals surface area contributed by atoms with Crippen LogP contribution in [0.5, 0.6) is 0 Å². The highest BCUT2D eigenvalue weighted by Crippen LogP contribution is 2.19. The van der Waals surface area contributed by atoms with E-state index >= 15 is 0 Å². The number of fused-ring (bicyclic) bond motifs is 1. The predicted molar refractivity (Wildman–Crippen MR) is 162 cm³/mol. The fourth-order valence-electron chi connectivity index (χ4n) is 5.48. The summed E-state index contributed by atoms with van der Waals surface area (Å²) in [7, 11) is 0. The average Bonchev–Trinajstić information content (AvgIpc) is 3.26. The topological polar surface area (TPSA) is 46.9 Å². The number of nitrogens with zero attached hydrogens (tertiary/aromatic N) is 2. The van der Waals surface area contributed by atoms with Crippen molar-refractivity contribution in [1.29, 1.82) is 0 Å². The zero-order valence-electron chi connectivity index (χ0n) is 24.4. The van der Waals surface area contributed by atoms with Crippen LogP contribution in [0.4, 0.5) is 0 Å². The molecule has 3 rings (SSSR count). The number of para-hydroxylation sites is 2. The maximum Gasteiger partial charge on any atom is 0.251 e. The van der Waals surface area contributed by atoms with Crippen molar-refractivity contribution in [3.05, 3.63) is 65.0 Å². The fourth-order valence-corrected chi connectivity index (χ4v) is 5.48. The zero-order valence-corrected chi connectivity index (χ0v) is 24.4. The van der Waals surface area contributed by atoms with E-state index in [1.165, 1.54) is 101 Å². The summed E-state index contributed by atoms with van der Waals surface area (Å²) >= 11 is 0. The smallest absolute Gasteiger partial charge is 0.251 e. The second kappa shape index (κ2) is 17.1. The van der Waals surface area contributed by atoms with E-state index in [2.05, 4.69) is 54.1 Å². The van der Waals surface area contributed by atoms with Crippen LogP contribution in [0.2, 0.25) is 0 Å². The molecule has 0 radical (unpaired) electrons. The van der Waals surface area contributed by atoms with Crippen LogP contribution in [0.1, 0.15) is 124 Å². The Bertz CT molecular complexity index is 1100. The number of carbonyl (C=O) groups is 1. The minimum atomic E-state index is -0.00265. The number of carbonyl (C=O) groups excluding carboxylic acids is 1. The normalized spacial score (nSPS) is 11.3. The Morgan fingerprint density at radius 2 is 1.39 bits per heavy atom. The van der Waals surface area contributed by atoms with Crippen molar-refractivity contribution in [3.8, 4) is 0 Å². The number of hydrogen-bond acceptors (Lipinski definition) is 2. The maximum atomic E-state index is 12.7. The largest absolute Gasteiger partial charge is 0.352 e. The molecule has 0 aliphatic carbocycles. The average molecular weight is 518 g/mol. The van der Waals surface area contributed by atoms with E-state index in [1.54, 1.807) is 0 Å². The number of amides is 1. The summed E-state index contributed by atoms with van der Waals surface area (Å²) in [5.41, 5.74) is 5.21. The molecule has 1 aromatic heterocycles. The Kier molecular flexibility index (Phi) is 13.4. The molecule has 4 heteroatoms. The van der Waals surface area contributed by atoms with Crippen molar-refractivity contribution in [2.75, 3.05) is 6.54 Å². The lowest BCUT2D eigenvalue weighted by Crippen LogP contribution is -2.27. The molecule has 0 bridgehead atoms.